The van der Waals surface area contributed by atoms with Crippen LogP contribution in [0.2, 0.25) is 0 Å². The maximum atomic E-state index is 11.1. The quantitative estimate of drug-likeness (QED) is 0.731. The van der Waals surface area contributed by atoms with Gasteiger partial charge in [-0.1, -0.05) is 0 Å². The van der Waals surface area contributed by atoms with Crippen LogP contribution in [0.4, 0.5) is 5.69 Å². The fraction of sp³-hybridized carbons (Fsp3) is 0.118. The third kappa shape index (κ3) is 3.32. The Hall–Kier alpha value is -2.64. The van der Waals surface area contributed by atoms with Crippen molar-refractivity contribution in [3.05, 3.63) is 54.7 Å². The molecule has 0 saturated carbocycles. The topological polar surface area (TPSA) is 83.6 Å². The van der Waals surface area contributed by atoms with Crippen LogP contribution < -0.4 is 4.90 Å². The van der Waals surface area contributed by atoms with Crippen LogP contribution in [-0.4, -0.2) is 32.0 Å². The SMILES string of the molecule is CN(C)c1ccc(-c2cnc(-c3ccc(S(=O)(=O)O)cc3)o2)cc1. The molecule has 0 radical (unpaired) electrons. The number of nitrogens with zero attached hydrogens (tertiary/aromatic N) is 2. The first kappa shape index (κ1) is 16.2. The summed E-state index contributed by atoms with van der Waals surface area (Å²) in [5.41, 5.74) is 2.60. The molecule has 1 N–H and O–H groups in total. The Morgan fingerprint density at radius 2 is 1.54 bits per heavy atom. The third-order valence-electron chi connectivity index (χ3n) is 3.57. The number of aromatic nitrogens is 1. The molecular formula is C17H16N2O4S. The molecule has 124 valence electrons. The van der Waals surface area contributed by atoms with Crippen LogP contribution >= 0.6 is 0 Å². The Morgan fingerprint density at radius 3 is 2.08 bits per heavy atom. The van der Waals surface area contributed by atoms with Gasteiger partial charge in [0.05, 0.1) is 11.1 Å². The Labute approximate surface area is 140 Å². The Bertz CT molecular complexity index is 943. The van der Waals surface area contributed by atoms with Crippen molar-refractivity contribution < 1.29 is 17.4 Å². The Balaban J connectivity index is 1.87. The molecule has 0 saturated heterocycles. The number of oxazole rings is 1. The molecule has 24 heavy (non-hydrogen) atoms. The molecule has 0 aliphatic heterocycles. The second-order valence-electron chi connectivity index (χ2n) is 5.47. The summed E-state index contributed by atoms with van der Waals surface area (Å²) < 4.78 is 36.9. The molecular weight excluding hydrogens is 328 g/mol. The summed E-state index contributed by atoms with van der Waals surface area (Å²) >= 11 is 0. The molecule has 0 amide bonds. The molecule has 1 aromatic heterocycles. The van der Waals surface area contributed by atoms with Crippen LogP contribution in [0.15, 0.2) is 64.0 Å². The van der Waals surface area contributed by atoms with Crippen molar-refractivity contribution in [2.75, 3.05) is 19.0 Å². The summed E-state index contributed by atoms with van der Waals surface area (Å²) in [5.74, 6) is 0.998. The second kappa shape index (κ2) is 6.10. The van der Waals surface area contributed by atoms with E-state index < -0.39 is 10.1 Å². The normalized spacial score (nSPS) is 11.5. The van der Waals surface area contributed by atoms with Crippen molar-refractivity contribution in [3.63, 3.8) is 0 Å². The maximum absolute atomic E-state index is 11.1. The van der Waals surface area contributed by atoms with Crippen LogP contribution in [0.25, 0.3) is 22.8 Å². The number of rotatable bonds is 4. The molecule has 0 fully saturated rings. The lowest BCUT2D eigenvalue weighted by molar-refractivity contribution is 0.483. The molecule has 0 atom stereocenters. The predicted molar refractivity (Wildman–Crippen MR) is 91.5 cm³/mol. The second-order valence-corrected chi connectivity index (χ2v) is 6.89. The Kier molecular flexibility index (Phi) is 4.13. The largest absolute Gasteiger partial charge is 0.436 e. The van der Waals surface area contributed by atoms with Crippen LogP contribution in [0, 0.1) is 0 Å². The van der Waals surface area contributed by atoms with E-state index in [1.807, 2.05) is 43.3 Å². The summed E-state index contributed by atoms with van der Waals surface area (Å²) in [6.45, 7) is 0. The van der Waals surface area contributed by atoms with Gasteiger partial charge in [0.25, 0.3) is 10.1 Å². The smallest absolute Gasteiger partial charge is 0.294 e. The molecule has 2 aromatic carbocycles. The monoisotopic (exact) mass is 344 g/mol. The summed E-state index contributed by atoms with van der Waals surface area (Å²) in [7, 11) is -0.266. The fourth-order valence-corrected chi connectivity index (χ4v) is 2.71. The minimum absolute atomic E-state index is 0.169. The van der Waals surface area contributed by atoms with Crippen LogP contribution in [0.5, 0.6) is 0 Å². The molecule has 0 unspecified atom stereocenters. The van der Waals surface area contributed by atoms with E-state index in [-0.39, 0.29) is 4.90 Å². The number of benzene rings is 2. The first-order valence-electron chi connectivity index (χ1n) is 7.16. The highest BCUT2D eigenvalue weighted by Crippen LogP contribution is 2.27. The van der Waals surface area contributed by atoms with Gasteiger partial charge >= 0.3 is 0 Å². The van der Waals surface area contributed by atoms with Gasteiger partial charge in [-0.15, -0.1) is 0 Å². The number of anilines is 1. The van der Waals surface area contributed by atoms with Gasteiger partial charge in [0.15, 0.2) is 5.76 Å². The summed E-state index contributed by atoms with van der Waals surface area (Å²) in [6, 6.07) is 13.5. The minimum atomic E-state index is -4.21. The lowest BCUT2D eigenvalue weighted by Crippen LogP contribution is -2.07. The molecule has 0 spiro atoms. The first-order valence-corrected chi connectivity index (χ1v) is 8.60. The van der Waals surface area contributed by atoms with Gasteiger partial charge in [0.2, 0.25) is 5.89 Å². The van der Waals surface area contributed by atoms with Crippen molar-refractivity contribution in [3.8, 4) is 22.8 Å². The zero-order valence-corrected chi connectivity index (χ0v) is 14.0. The molecule has 6 nitrogen and oxygen atoms in total. The maximum Gasteiger partial charge on any atom is 0.294 e. The summed E-state index contributed by atoms with van der Waals surface area (Å²) in [6.07, 6.45) is 1.62. The van der Waals surface area contributed by atoms with E-state index in [4.69, 9.17) is 8.97 Å². The van der Waals surface area contributed by atoms with E-state index in [1.165, 1.54) is 24.3 Å². The lowest BCUT2D eigenvalue weighted by Gasteiger charge is -2.11. The Morgan fingerprint density at radius 1 is 0.958 bits per heavy atom. The molecule has 1 heterocycles. The first-order chi connectivity index (χ1) is 11.3. The zero-order chi connectivity index (χ0) is 17.3. The highest BCUT2D eigenvalue weighted by molar-refractivity contribution is 7.85. The van der Waals surface area contributed by atoms with Gasteiger partial charge < -0.3 is 9.32 Å². The molecule has 3 rings (SSSR count). The minimum Gasteiger partial charge on any atom is -0.436 e. The van der Waals surface area contributed by atoms with Crippen molar-refractivity contribution in [2.24, 2.45) is 0 Å². The van der Waals surface area contributed by atoms with E-state index in [0.717, 1.165) is 11.3 Å². The van der Waals surface area contributed by atoms with Crippen molar-refractivity contribution in [2.45, 2.75) is 4.90 Å². The van der Waals surface area contributed by atoms with E-state index >= 15 is 0 Å². The van der Waals surface area contributed by atoms with Crippen LogP contribution in [0.1, 0.15) is 0 Å². The van der Waals surface area contributed by atoms with Gasteiger partial charge in [0, 0.05) is 30.9 Å². The molecule has 7 heteroatoms. The third-order valence-corrected chi connectivity index (χ3v) is 4.44. The van der Waals surface area contributed by atoms with E-state index in [1.54, 1.807) is 6.20 Å². The summed E-state index contributed by atoms with van der Waals surface area (Å²) in [5, 5.41) is 0. The standard InChI is InChI=1S/C17H16N2O4S/c1-19(2)14-7-3-12(4-8-14)16-11-18-17(23-16)13-5-9-15(10-6-13)24(20,21)22/h3-11H,1-2H3,(H,20,21,22). The lowest BCUT2D eigenvalue weighted by atomic mass is 10.1. The van der Waals surface area contributed by atoms with Crippen molar-refractivity contribution >= 4 is 15.8 Å². The van der Waals surface area contributed by atoms with Gasteiger partial charge in [-0.2, -0.15) is 8.42 Å². The van der Waals surface area contributed by atoms with E-state index in [2.05, 4.69) is 4.98 Å². The summed E-state index contributed by atoms with van der Waals surface area (Å²) in [4.78, 5) is 6.06. The average molecular weight is 344 g/mol. The molecule has 0 aliphatic carbocycles. The van der Waals surface area contributed by atoms with Crippen LogP contribution in [0.3, 0.4) is 0 Å². The molecule has 3 aromatic rings. The van der Waals surface area contributed by atoms with E-state index in [9.17, 15) is 8.42 Å². The highest BCUT2D eigenvalue weighted by Gasteiger charge is 2.12. The number of hydrogen-bond acceptors (Lipinski definition) is 5. The molecule has 0 aliphatic rings. The van der Waals surface area contributed by atoms with Crippen molar-refractivity contribution in [1.82, 2.24) is 4.98 Å². The van der Waals surface area contributed by atoms with Gasteiger partial charge in [-0.25, -0.2) is 4.98 Å². The van der Waals surface area contributed by atoms with E-state index in [0.29, 0.717) is 17.2 Å². The van der Waals surface area contributed by atoms with Crippen molar-refractivity contribution in [1.29, 1.82) is 0 Å². The average Bonchev–Trinajstić information content (AvgIpc) is 3.04. The van der Waals surface area contributed by atoms with Gasteiger partial charge in [0.1, 0.15) is 0 Å². The van der Waals surface area contributed by atoms with Gasteiger partial charge in [-0.05, 0) is 48.5 Å². The molecule has 0 bridgehead atoms. The predicted octanol–water partition coefficient (Wildman–Crippen LogP) is 3.32. The van der Waals surface area contributed by atoms with Crippen LogP contribution in [-0.2, 0) is 10.1 Å². The van der Waals surface area contributed by atoms with Gasteiger partial charge in [-0.3, -0.25) is 4.55 Å². The highest BCUT2D eigenvalue weighted by atomic mass is 32.2. The zero-order valence-electron chi connectivity index (χ0n) is 13.2. The fourth-order valence-electron chi connectivity index (χ4n) is 2.23. The number of hydrogen-bond donors (Lipinski definition) is 1.